The zero-order valence-electron chi connectivity index (χ0n) is 11.4. The van der Waals surface area contributed by atoms with Crippen molar-refractivity contribution in [1.82, 2.24) is 4.98 Å². The summed E-state index contributed by atoms with van der Waals surface area (Å²) in [5.41, 5.74) is 1.84. The van der Waals surface area contributed by atoms with Crippen molar-refractivity contribution in [2.45, 2.75) is 12.8 Å². The molecule has 1 fully saturated rings. The van der Waals surface area contributed by atoms with Crippen LogP contribution in [0, 0.1) is 5.92 Å². The first-order chi connectivity index (χ1) is 9.74. The number of hydrogen-bond donors (Lipinski definition) is 1. The first-order valence-corrected chi connectivity index (χ1v) is 6.80. The van der Waals surface area contributed by atoms with Crippen molar-refractivity contribution >= 4 is 23.1 Å². The summed E-state index contributed by atoms with van der Waals surface area (Å²) in [6.07, 6.45) is 3.72. The molecule has 102 valence electrons. The minimum absolute atomic E-state index is 0.107. The van der Waals surface area contributed by atoms with Crippen LogP contribution in [0.4, 0.5) is 17.2 Å². The summed E-state index contributed by atoms with van der Waals surface area (Å²) in [5, 5.41) is 2.89. The van der Waals surface area contributed by atoms with Crippen LogP contribution in [-0.2, 0) is 4.79 Å². The second-order valence-corrected chi connectivity index (χ2v) is 5.06. The first-order valence-electron chi connectivity index (χ1n) is 6.80. The van der Waals surface area contributed by atoms with Gasteiger partial charge in [-0.05, 0) is 37.1 Å². The molecule has 1 aromatic heterocycles. The maximum atomic E-state index is 11.7. The molecular formula is C16H17N3O. The second kappa shape index (κ2) is 5.33. The normalized spacial score (nSPS) is 13.8. The Hall–Kier alpha value is -2.36. The van der Waals surface area contributed by atoms with E-state index < -0.39 is 0 Å². The van der Waals surface area contributed by atoms with E-state index in [4.69, 9.17) is 0 Å². The van der Waals surface area contributed by atoms with Crippen molar-refractivity contribution in [3.05, 3.63) is 48.7 Å². The molecule has 1 aliphatic carbocycles. The lowest BCUT2D eigenvalue weighted by Gasteiger charge is -2.18. The highest BCUT2D eigenvalue weighted by molar-refractivity contribution is 5.93. The lowest BCUT2D eigenvalue weighted by atomic mass is 10.3. The SMILES string of the molecule is CN(c1ccccc1)c1ccc(NC(=O)C2CC2)cn1. The molecule has 0 bridgehead atoms. The van der Waals surface area contributed by atoms with Crippen molar-refractivity contribution in [2.75, 3.05) is 17.3 Å². The molecule has 4 heteroatoms. The maximum absolute atomic E-state index is 11.7. The van der Waals surface area contributed by atoms with Gasteiger partial charge in [-0.1, -0.05) is 18.2 Å². The zero-order chi connectivity index (χ0) is 13.9. The average Bonchev–Trinajstić information content (AvgIpc) is 3.33. The first kappa shape index (κ1) is 12.7. The number of amides is 1. The fourth-order valence-electron chi connectivity index (χ4n) is 2.03. The van der Waals surface area contributed by atoms with E-state index in [0.29, 0.717) is 0 Å². The summed E-state index contributed by atoms with van der Waals surface area (Å²) >= 11 is 0. The molecule has 1 N–H and O–H groups in total. The van der Waals surface area contributed by atoms with Gasteiger partial charge in [0.25, 0.3) is 0 Å². The summed E-state index contributed by atoms with van der Waals surface area (Å²) in [6.45, 7) is 0. The molecule has 3 rings (SSSR count). The van der Waals surface area contributed by atoms with Crippen molar-refractivity contribution in [1.29, 1.82) is 0 Å². The van der Waals surface area contributed by atoms with Crippen LogP contribution < -0.4 is 10.2 Å². The lowest BCUT2D eigenvalue weighted by Crippen LogP contribution is -2.14. The molecule has 4 nitrogen and oxygen atoms in total. The van der Waals surface area contributed by atoms with Gasteiger partial charge in [0, 0.05) is 18.7 Å². The number of benzene rings is 1. The van der Waals surface area contributed by atoms with Crippen LogP contribution in [-0.4, -0.2) is 17.9 Å². The Balaban J connectivity index is 1.70. The van der Waals surface area contributed by atoms with Crippen LogP contribution >= 0.6 is 0 Å². The Morgan fingerprint density at radius 2 is 1.95 bits per heavy atom. The minimum Gasteiger partial charge on any atom is -0.329 e. The average molecular weight is 267 g/mol. The molecule has 1 heterocycles. The lowest BCUT2D eigenvalue weighted by molar-refractivity contribution is -0.117. The summed E-state index contributed by atoms with van der Waals surface area (Å²) in [6, 6.07) is 13.8. The molecule has 0 saturated heterocycles. The summed E-state index contributed by atoms with van der Waals surface area (Å²) in [4.78, 5) is 18.1. The van der Waals surface area contributed by atoms with E-state index in [9.17, 15) is 4.79 Å². The van der Waals surface area contributed by atoms with Gasteiger partial charge in [-0.15, -0.1) is 0 Å². The van der Waals surface area contributed by atoms with Gasteiger partial charge in [0.15, 0.2) is 0 Å². The Kier molecular flexibility index (Phi) is 3.37. The summed E-state index contributed by atoms with van der Waals surface area (Å²) in [5.74, 6) is 1.17. The molecule has 1 aromatic carbocycles. The Morgan fingerprint density at radius 3 is 2.55 bits per heavy atom. The maximum Gasteiger partial charge on any atom is 0.227 e. The number of anilines is 3. The highest BCUT2D eigenvalue weighted by atomic mass is 16.2. The summed E-state index contributed by atoms with van der Waals surface area (Å²) < 4.78 is 0. The number of carbonyl (C=O) groups excluding carboxylic acids is 1. The molecule has 0 unspecified atom stereocenters. The Labute approximate surface area is 118 Å². The molecule has 2 aromatic rings. The van der Waals surface area contributed by atoms with Crippen LogP contribution in [0.5, 0.6) is 0 Å². The molecule has 0 radical (unpaired) electrons. The van der Waals surface area contributed by atoms with E-state index in [1.54, 1.807) is 6.20 Å². The van der Waals surface area contributed by atoms with Crippen molar-refractivity contribution in [3.63, 3.8) is 0 Å². The second-order valence-electron chi connectivity index (χ2n) is 5.06. The number of para-hydroxylation sites is 1. The van der Waals surface area contributed by atoms with Crippen LogP contribution in [0.15, 0.2) is 48.7 Å². The van der Waals surface area contributed by atoms with E-state index in [0.717, 1.165) is 30.0 Å². The van der Waals surface area contributed by atoms with Gasteiger partial charge in [0.05, 0.1) is 11.9 Å². The fourth-order valence-corrected chi connectivity index (χ4v) is 2.03. The fraction of sp³-hybridized carbons (Fsp3) is 0.250. The molecule has 1 aliphatic rings. The largest absolute Gasteiger partial charge is 0.329 e. The summed E-state index contributed by atoms with van der Waals surface area (Å²) in [7, 11) is 1.97. The van der Waals surface area contributed by atoms with Crippen molar-refractivity contribution in [3.8, 4) is 0 Å². The number of aromatic nitrogens is 1. The number of pyridine rings is 1. The minimum atomic E-state index is 0.107. The van der Waals surface area contributed by atoms with Gasteiger partial charge < -0.3 is 10.2 Å². The molecule has 0 atom stereocenters. The topological polar surface area (TPSA) is 45.2 Å². The number of nitrogens with one attached hydrogen (secondary N) is 1. The van der Waals surface area contributed by atoms with E-state index in [2.05, 4.69) is 10.3 Å². The van der Waals surface area contributed by atoms with Gasteiger partial charge in [-0.2, -0.15) is 0 Å². The third kappa shape index (κ3) is 2.79. The number of hydrogen-bond acceptors (Lipinski definition) is 3. The van der Waals surface area contributed by atoms with E-state index in [-0.39, 0.29) is 11.8 Å². The van der Waals surface area contributed by atoms with Crippen LogP contribution in [0.25, 0.3) is 0 Å². The van der Waals surface area contributed by atoms with E-state index in [1.165, 1.54) is 0 Å². The number of carbonyl (C=O) groups is 1. The monoisotopic (exact) mass is 267 g/mol. The number of rotatable bonds is 4. The highest BCUT2D eigenvalue weighted by Crippen LogP contribution is 2.30. The molecule has 1 amide bonds. The predicted octanol–water partition coefficient (Wildman–Crippen LogP) is 3.20. The number of nitrogens with zero attached hydrogens (tertiary/aromatic N) is 2. The molecule has 20 heavy (non-hydrogen) atoms. The molecule has 1 saturated carbocycles. The smallest absolute Gasteiger partial charge is 0.227 e. The molecule has 0 aliphatic heterocycles. The van der Waals surface area contributed by atoms with E-state index in [1.807, 2.05) is 54.4 Å². The zero-order valence-corrected chi connectivity index (χ0v) is 11.4. The quantitative estimate of drug-likeness (QED) is 0.925. The standard InChI is InChI=1S/C16H17N3O/c1-19(14-5-3-2-4-6-14)15-10-9-13(11-17-15)18-16(20)12-7-8-12/h2-6,9-12H,7-8H2,1H3,(H,18,20). The highest BCUT2D eigenvalue weighted by Gasteiger charge is 2.29. The van der Waals surface area contributed by atoms with Crippen LogP contribution in [0.3, 0.4) is 0 Å². The van der Waals surface area contributed by atoms with Gasteiger partial charge >= 0.3 is 0 Å². The Morgan fingerprint density at radius 1 is 1.20 bits per heavy atom. The molecular weight excluding hydrogens is 250 g/mol. The van der Waals surface area contributed by atoms with E-state index >= 15 is 0 Å². The third-order valence-electron chi connectivity index (χ3n) is 3.45. The third-order valence-corrected chi connectivity index (χ3v) is 3.45. The van der Waals surface area contributed by atoms with Crippen LogP contribution in [0.2, 0.25) is 0 Å². The molecule has 0 spiro atoms. The van der Waals surface area contributed by atoms with Crippen molar-refractivity contribution < 1.29 is 4.79 Å². The Bertz CT molecular complexity index is 591. The van der Waals surface area contributed by atoms with Gasteiger partial charge in [0.1, 0.15) is 5.82 Å². The van der Waals surface area contributed by atoms with Gasteiger partial charge in [0.2, 0.25) is 5.91 Å². The van der Waals surface area contributed by atoms with Gasteiger partial charge in [-0.25, -0.2) is 4.98 Å². The van der Waals surface area contributed by atoms with Gasteiger partial charge in [-0.3, -0.25) is 4.79 Å². The van der Waals surface area contributed by atoms with Crippen molar-refractivity contribution in [2.24, 2.45) is 5.92 Å². The predicted molar refractivity (Wildman–Crippen MR) is 80.1 cm³/mol. The van der Waals surface area contributed by atoms with Crippen LogP contribution in [0.1, 0.15) is 12.8 Å².